The Balaban J connectivity index is 1.95. The molecule has 3 rings (SSSR count). The van der Waals surface area contributed by atoms with E-state index >= 15 is 0 Å². The quantitative estimate of drug-likeness (QED) is 0.668. The van der Waals surface area contributed by atoms with Crippen LogP contribution in [0.4, 0.5) is 0 Å². The number of aromatic nitrogens is 2. The molecule has 126 valence electrons. The highest BCUT2D eigenvalue weighted by Gasteiger charge is 2.11. The molecule has 2 N–H and O–H groups in total. The zero-order valence-corrected chi connectivity index (χ0v) is 14.0. The Morgan fingerprint density at radius 1 is 1.17 bits per heavy atom. The van der Waals surface area contributed by atoms with Gasteiger partial charge in [-0.05, 0) is 23.8 Å². The molecule has 0 spiro atoms. The lowest BCUT2D eigenvalue weighted by Crippen LogP contribution is -2.15. The summed E-state index contributed by atoms with van der Waals surface area (Å²) in [4.78, 5) is 0. The van der Waals surface area contributed by atoms with Gasteiger partial charge in [0.2, 0.25) is 11.3 Å². The lowest BCUT2D eigenvalue weighted by molar-refractivity contribution is 0.356. The van der Waals surface area contributed by atoms with Crippen LogP contribution in [-0.4, -0.2) is 32.8 Å². The van der Waals surface area contributed by atoms with Crippen molar-refractivity contribution in [3.63, 3.8) is 0 Å². The van der Waals surface area contributed by atoms with E-state index in [-0.39, 0.29) is 0 Å². The molecule has 8 heteroatoms. The van der Waals surface area contributed by atoms with Gasteiger partial charge in [0.15, 0.2) is 11.5 Å². The Kier molecular flexibility index (Phi) is 4.79. The number of nitrogens with zero attached hydrogens (tertiary/aromatic N) is 2. The number of rotatable bonds is 6. The van der Waals surface area contributed by atoms with Gasteiger partial charge in [-0.3, -0.25) is 4.55 Å². The van der Waals surface area contributed by atoms with Crippen molar-refractivity contribution < 1.29 is 18.2 Å². The van der Waals surface area contributed by atoms with Gasteiger partial charge in [0.1, 0.15) is 0 Å². The van der Waals surface area contributed by atoms with Crippen molar-refractivity contribution in [1.29, 1.82) is 0 Å². The third-order valence-electron chi connectivity index (χ3n) is 3.65. The molecule has 0 bridgehead atoms. The molecular formula is C16H17N3O4S. The van der Waals surface area contributed by atoms with Gasteiger partial charge in [0.25, 0.3) is 0 Å². The average molecular weight is 347 g/mol. The van der Waals surface area contributed by atoms with E-state index in [0.29, 0.717) is 18.0 Å². The minimum absolute atomic E-state index is 0.314. The van der Waals surface area contributed by atoms with Crippen LogP contribution in [0.2, 0.25) is 0 Å². The van der Waals surface area contributed by atoms with E-state index in [9.17, 15) is 4.21 Å². The topological polar surface area (TPSA) is 85.6 Å². The van der Waals surface area contributed by atoms with Gasteiger partial charge >= 0.3 is 0 Å². The first-order valence-electron chi connectivity index (χ1n) is 7.16. The summed E-state index contributed by atoms with van der Waals surface area (Å²) in [5.41, 5.74) is 2.68. The van der Waals surface area contributed by atoms with E-state index in [1.807, 2.05) is 36.4 Å². The maximum absolute atomic E-state index is 10.6. The van der Waals surface area contributed by atoms with Crippen molar-refractivity contribution in [3.8, 4) is 17.2 Å². The van der Waals surface area contributed by atoms with Gasteiger partial charge in [0, 0.05) is 18.0 Å². The van der Waals surface area contributed by atoms with Crippen molar-refractivity contribution in [1.82, 2.24) is 14.5 Å². The van der Waals surface area contributed by atoms with Crippen LogP contribution in [0.15, 0.2) is 42.6 Å². The predicted octanol–water partition coefficient (Wildman–Crippen LogP) is 2.27. The van der Waals surface area contributed by atoms with Crippen LogP contribution in [0.1, 0.15) is 5.56 Å². The maximum atomic E-state index is 10.6. The van der Waals surface area contributed by atoms with Crippen LogP contribution >= 0.6 is 0 Å². The number of fused-ring (bicyclic) bond motifs is 1. The summed E-state index contributed by atoms with van der Waals surface area (Å²) in [6.07, 6.45) is 1.77. The molecule has 2 aromatic carbocycles. The summed E-state index contributed by atoms with van der Waals surface area (Å²) in [5, 5.41) is 5.36. The molecule has 0 aliphatic rings. The molecule has 1 unspecified atom stereocenters. The largest absolute Gasteiger partial charge is 0.493 e. The molecule has 0 saturated heterocycles. The van der Waals surface area contributed by atoms with Crippen LogP contribution in [0.5, 0.6) is 11.5 Å². The van der Waals surface area contributed by atoms with E-state index in [1.54, 1.807) is 25.1 Å². The van der Waals surface area contributed by atoms with Crippen molar-refractivity contribution in [3.05, 3.63) is 48.2 Å². The van der Waals surface area contributed by atoms with Crippen LogP contribution in [-0.2, 0) is 17.8 Å². The second-order valence-corrected chi connectivity index (χ2v) is 5.85. The summed E-state index contributed by atoms with van der Waals surface area (Å²) in [7, 11) is 3.19. The molecule has 0 aliphatic carbocycles. The molecule has 0 amide bonds. The van der Waals surface area contributed by atoms with Gasteiger partial charge in [-0.15, -0.1) is 0 Å². The predicted molar refractivity (Wildman–Crippen MR) is 91.8 cm³/mol. The Bertz CT molecular complexity index is 877. The zero-order chi connectivity index (χ0) is 17.1. The van der Waals surface area contributed by atoms with Crippen molar-refractivity contribution >= 4 is 22.2 Å². The SMILES string of the molecule is COc1cc2cnn(-c3ccc(CNS(=O)O)cc3)c2cc1OC. The summed E-state index contributed by atoms with van der Waals surface area (Å²) < 4.78 is 34.3. The molecule has 3 aromatic rings. The highest BCUT2D eigenvalue weighted by Crippen LogP contribution is 2.32. The van der Waals surface area contributed by atoms with E-state index in [1.165, 1.54) is 0 Å². The van der Waals surface area contributed by atoms with Crippen LogP contribution < -0.4 is 14.2 Å². The van der Waals surface area contributed by atoms with Crippen LogP contribution in [0.3, 0.4) is 0 Å². The Labute approximate surface area is 141 Å². The molecule has 24 heavy (non-hydrogen) atoms. The zero-order valence-electron chi connectivity index (χ0n) is 13.2. The molecule has 0 fully saturated rings. The summed E-state index contributed by atoms with van der Waals surface area (Å²) in [6.45, 7) is 0.314. The second-order valence-electron chi connectivity index (χ2n) is 5.06. The Morgan fingerprint density at radius 3 is 2.46 bits per heavy atom. The van der Waals surface area contributed by atoms with E-state index in [0.717, 1.165) is 22.2 Å². The Hall–Kier alpha value is -2.42. The number of hydrogen-bond donors (Lipinski definition) is 2. The van der Waals surface area contributed by atoms with E-state index < -0.39 is 11.3 Å². The van der Waals surface area contributed by atoms with Crippen LogP contribution in [0.25, 0.3) is 16.6 Å². The van der Waals surface area contributed by atoms with Gasteiger partial charge in [-0.25, -0.2) is 13.6 Å². The van der Waals surface area contributed by atoms with Crippen molar-refractivity contribution in [2.45, 2.75) is 6.54 Å². The third-order valence-corrected chi connectivity index (χ3v) is 4.05. The second kappa shape index (κ2) is 7.00. The number of benzene rings is 2. The fraction of sp³-hybridized carbons (Fsp3) is 0.188. The number of ether oxygens (including phenoxy) is 2. The monoisotopic (exact) mass is 347 g/mol. The standard InChI is InChI=1S/C16H17N3O4S/c1-22-15-7-12-10-17-19(14(12)8-16(15)23-2)13-5-3-11(4-6-13)9-18-24(20)21/h3-8,10,18H,9H2,1-2H3,(H,20,21). The van der Waals surface area contributed by atoms with E-state index in [2.05, 4.69) is 9.82 Å². The lowest BCUT2D eigenvalue weighted by Gasteiger charge is -2.09. The molecule has 0 aliphatic heterocycles. The first-order chi connectivity index (χ1) is 11.6. The van der Waals surface area contributed by atoms with Gasteiger partial charge in [-0.2, -0.15) is 5.10 Å². The molecule has 1 atom stereocenters. The fourth-order valence-electron chi connectivity index (χ4n) is 2.46. The molecule has 7 nitrogen and oxygen atoms in total. The van der Waals surface area contributed by atoms with Gasteiger partial charge in [0.05, 0.1) is 31.6 Å². The highest BCUT2D eigenvalue weighted by atomic mass is 32.2. The normalized spacial score (nSPS) is 12.3. The average Bonchev–Trinajstić information content (AvgIpc) is 3.01. The highest BCUT2D eigenvalue weighted by molar-refractivity contribution is 7.77. The molecule has 0 saturated carbocycles. The third kappa shape index (κ3) is 3.25. The smallest absolute Gasteiger partial charge is 0.232 e. The summed E-state index contributed by atoms with van der Waals surface area (Å²) >= 11 is -2.02. The van der Waals surface area contributed by atoms with Gasteiger partial charge in [-0.1, -0.05) is 12.1 Å². The first-order valence-corrected chi connectivity index (χ1v) is 8.26. The Morgan fingerprint density at radius 2 is 1.83 bits per heavy atom. The molecule has 1 heterocycles. The minimum Gasteiger partial charge on any atom is -0.493 e. The summed E-state index contributed by atoms with van der Waals surface area (Å²) in [5.74, 6) is 1.29. The fourth-order valence-corrected chi connectivity index (χ4v) is 2.75. The van der Waals surface area contributed by atoms with Crippen molar-refractivity contribution in [2.75, 3.05) is 14.2 Å². The molecule has 1 aromatic heterocycles. The molecular weight excluding hydrogens is 330 g/mol. The summed E-state index contributed by atoms with van der Waals surface area (Å²) in [6, 6.07) is 11.3. The van der Waals surface area contributed by atoms with Gasteiger partial charge < -0.3 is 9.47 Å². The number of nitrogens with one attached hydrogen (secondary N) is 1. The first kappa shape index (κ1) is 16.4. The lowest BCUT2D eigenvalue weighted by atomic mass is 10.2. The van der Waals surface area contributed by atoms with E-state index in [4.69, 9.17) is 14.0 Å². The number of methoxy groups -OCH3 is 2. The maximum Gasteiger partial charge on any atom is 0.232 e. The minimum atomic E-state index is -2.02. The molecule has 0 radical (unpaired) electrons. The van der Waals surface area contributed by atoms with Crippen LogP contribution in [0, 0.1) is 0 Å². The van der Waals surface area contributed by atoms with Crippen molar-refractivity contribution in [2.24, 2.45) is 0 Å². The number of hydrogen-bond acceptors (Lipinski definition) is 4.